The molecule has 0 aliphatic rings. The maximum Gasteiger partial charge on any atom is 0.190 e. The van der Waals surface area contributed by atoms with E-state index in [0.717, 1.165) is 12.1 Å². The number of rotatable bonds is 5. The van der Waals surface area contributed by atoms with Gasteiger partial charge >= 0.3 is 0 Å². The topological polar surface area (TPSA) is 38.7 Å². The Morgan fingerprint density at radius 3 is 2.29 bits per heavy atom. The predicted octanol–water partition coefficient (Wildman–Crippen LogP) is 2.13. The largest absolute Gasteiger partial charge is 0.485 e. The fourth-order valence-corrected chi connectivity index (χ4v) is 1.12. The quantitative estimate of drug-likeness (QED) is 0.865. The maximum absolute atomic E-state index is 13.2. The molecule has 0 aromatic heterocycles. The second-order valence-corrected chi connectivity index (χ2v) is 4.19. The molecule has 1 N–H and O–H groups in total. The lowest BCUT2D eigenvalue weighted by Gasteiger charge is -2.28. The van der Waals surface area contributed by atoms with Crippen molar-refractivity contribution >= 4 is 0 Å². The zero-order valence-corrected chi connectivity index (χ0v) is 10.0. The SMILES string of the molecule is COC(C)(C)C(O)COc1c(F)cccc1F. The van der Waals surface area contributed by atoms with Crippen LogP contribution in [0.3, 0.4) is 0 Å². The second kappa shape index (κ2) is 5.42. The molecule has 3 nitrogen and oxygen atoms in total. The van der Waals surface area contributed by atoms with Gasteiger partial charge in [0, 0.05) is 7.11 Å². The zero-order valence-electron chi connectivity index (χ0n) is 10.0. The first-order valence-corrected chi connectivity index (χ1v) is 5.18. The van der Waals surface area contributed by atoms with Crippen LogP contribution in [0.5, 0.6) is 5.75 Å². The molecule has 0 saturated heterocycles. The van der Waals surface area contributed by atoms with E-state index in [-0.39, 0.29) is 6.61 Å². The molecular formula is C12H16F2O3. The van der Waals surface area contributed by atoms with Gasteiger partial charge in [-0.05, 0) is 26.0 Å². The molecule has 1 aromatic carbocycles. The van der Waals surface area contributed by atoms with E-state index in [9.17, 15) is 13.9 Å². The van der Waals surface area contributed by atoms with Crippen LogP contribution in [0.25, 0.3) is 0 Å². The second-order valence-electron chi connectivity index (χ2n) is 4.19. The third kappa shape index (κ3) is 3.38. The third-order valence-corrected chi connectivity index (χ3v) is 2.63. The molecule has 0 aliphatic heterocycles. The summed E-state index contributed by atoms with van der Waals surface area (Å²) in [6.07, 6.45) is -0.994. The van der Waals surface area contributed by atoms with E-state index >= 15 is 0 Å². The van der Waals surface area contributed by atoms with Gasteiger partial charge in [-0.3, -0.25) is 0 Å². The number of methoxy groups -OCH3 is 1. The van der Waals surface area contributed by atoms with E-state index in [1.807, 2.05) is 0 Å². The molecule has 0 bridgehead atoms. The van der Waals surface area contributed by atoms with Crippen molar-refractivity contribution in [3.63, 3.8) is 0 Å². The molecule has 1 atom stereocenters. The Kier molecular flexibility index (Phi) is 4.42. The summed E-state index contributed by atoms with van der Waals surface area (Å²) in [6, 6.07) is 3.42. The van der Waals surface area contributed by atoms with E-state index in [4.69, 9.17) is 9.47 Å². The van der Waals surface area contributed by atoms with Crippen molar-refractivity contribution in [2.45, 2.75) is 25.6 Å². The van der Waals surface area contributed by atoms with E-state index in [1.54, 1.807) is 13.8 Å². The van der Waals surface area contributed by atoms with Crippen molar-refractivity contribution in [3.8, 4) is 5.75 Å². The van der Waals surface area contributed by atoms with Gasteiger partial charge in [0.1, 0.15) is 12.7 Å². The van der Waals surface area contributed by atoms with Crippen LogP contribution in [0.2, 0.25) is 0 Å². The van der Waals surface area contributed by atoms with Crippen LogP contribution in [-0.4, -0.2) is 30.5 Å². The van der Waals surface area contributed by atoms with E-state index in [0.29, 0.717) is 0 Å². The van der Waals surface area contributed by atoms with Gasteiger partial charge in [-0.1, -0.05) is 6.07 Å². The minimum atomic E-state index is -0.994. The summed E-state index contributed by atoms with van der Waals surface area (Å²) in [5.74, 6) is -2.08. The van der Waals surface area contributed by atoms with Crippen LogP contribution < -0.4 is 4.74 Å². The predicted molar refractivity (Wildman–Crippen MR) is 58.9 cm³/mol. The van der Waals surface area contributed by atoms with Crippen molar-refractivity contribution in [1.82, 2.24) is 0 Å². The first-order valence-electron chi connectivity index (χ1n) is 5.18. The summed E-state index contributed by atoms with van der Waals surface area (Å²) in [5, 5.41) is 9.73. The highest BCUT2D eigenvalue weighted by Crippen LogP contribution is 2.22. The summed E-state index contributed by atoms with van der Waals surface area (Å²) in [6.45, 7) is 3.05. The smallest absolute Gasteiger partial charge is 0.190 e. The highest BCUT2D eigenvalue weighted by Gasteiger charge is 2.28. The summed E-state index contributed by atoms with van der Waals surface area (Å²) >= 11 is 0. The average molecular weight is 246 g/mol. The van der Waals surface area contributed by atoms with Gasteiger partial charge in [0.15, 0.2) is 17.4 Å². The zero-order chi connectivity index (χ0) is 13.1. The Balaban J connectivity index is 2.68. The average Bonchev–Trinajstić information content (AvgIpc) is 2.28. The van der Waals surface area contributed by atoms with E-state index in [1.165, 1.54) is 13.2 Å². The van der Waals surface area contributed by atoms with Crippen molar-refractivity contribution in [2.75, 3.05) is 13.7 Å². The molecule has 5 heteroatoms. The van der Waals surface area contributed by atoms with Gasteiger partial charge in [0.25, 0.3) is 0 Å². The minimum Gasteiger partial charge on any atom is -0.485 e. The number of aliphatic hydroxyl groups excluding tert-OH is 1. The van der Waals surface area contributed by atoms with Crippen LogP contribution in [0.15, 0.2) is 18.2 Å². The normalized spacial score (nSPS) is 13.5. The first kappa shape index (κ1) is 13.9. The molecule has 1 rings (SSSR count). The molecule has 17 heavy (non-hydrogen) atoms. The molecule has 0 radical (unpaired) electrons. The van der Waals surface area contributed by atoms with Crippen LogP contribution in [0, 0.1) is 11.6 Å². The molecule has 1 unspecified atom stereocenters. The fraction of sp³-hybridized carbons (Fsp3) is 0.500. The Bertz CT molecular complexity index is 360. The number of aliphatic hydroxyl groups is 1. The summed E-state index contributed by atoms with van der Waals surface area (Å²) in [5.41, 5.74) is -0.846. The summed E-state index contributed by atoms with van der Waals surface area (Å²) < 4.78 is 36.4. The van der Waals surface area contributed by atoms with E-state index < -0.39 is 29.1 Å². The van der Waals surface area contributed by atoms with Crippen molar-refractivity contribution in [2.24, 2.45) is 0 Å². The highest BCUT2D eigenvalue weighted by molar-refractivity contribution is 5.26. The van der Waals surface area contributed by atoms with Crippen molar-refractivity contribution in [3.05, 3.63) is 29.8 Å². The lowest BCUT2D eigenvalue weighted by Crippen LogP contribution is -2.42. The number of ether oxygens (including phenoxy) is 2. The fourth-order valence-electron chi connectivity index (χ4n) is 1.12. The van der Waals surface area contributed by atoms with Gasteiger partial charge in [0.2, 0.25) is 0 Å². The Hall–Kier alpha value is -1.20. The number of halogens is 2. The van der Waals surface area contributed by atoms with Gasteiger partial charge in [0.05, 0.1) is 5.60 Å². The molecule has 0 saturated carbocycles. The Labute approximate surface area is 99.0 Å². The summed E-state index contributed by atoms with van der Waals surface area (Å²) in [7, 11) is 1.44. The number of hydrogen-bond acceptors (Lipinski definition) is 3. The summed E-state index contributed by atoms with van der Waals surface area (Å²) in [4.78, 5) is 0. The molecule has 0 heterocycles. The van der Waals surface area contributed by atoms with Crippen LogP contribution in [-0.2, 0) is 4.74 Å². The third-order valence-electron chi connectivity index (χ3n) is 2.63. The lowest BCUT2D eigenvalue weighted by atomic mass is 10.0. The van der Waals surface area contributed by atoms with Crippen molar-refractivity contribution in [1.29, 1.82) is 0 Å². The molecule has 1 aromatic rings. The van der Waals surface area contributed by atoms with Gasteiger partial charge in [-0.25, -0.2) is 8.78 Å². The van der Waals surface area contributed by atoms with Crippen molar-refractivity contribution < 1.29 is 23.4 Å². The lowest BCUT2D eigenvalue weighted by molar-refractivity contribution is -0.0921. The van der Waals surface area contributed by atoms with Gasteiger partial charge < -0.3 is 14.6 Å². The number of para-hydroxylation sites is 1. The maximum atomic E-state index is 13.2. The Morgan fingerprint density at radius 2 is 1.82 bits per heavy atom. The van der Waals surface area contributed by atoms with Gasteiger partial charge in [-0.15, -0.1) is 0 Å². The minimum absolute atomic E-state index is 0.251. The number of hydrogen-bond donors (Lipinski definition) is 1. The molecular weight excluding hydrogens is 230 g/mol. The molecule has 0 aliphatic carbocycles. The first-order chi connectivity index (χ1) is 7.88. The molecule has 96 valence electrons. The standard InChI is InChI=1S/C12H16F2O3/c1-12(2,16-3)10(15)7-17-11-8(13)5-4-6-9(11)14/h4-6,10,15H,7H2,1-3H3. The number of benzene rings is 1. The highest BCUT2D eigenvalue weighted by atomic mass is 19.1. The van der Waals surface area contributed by atoms with Crippen LogP contribution in [0.1, 0.15) is 13.8 Å². The van der Waals surface area contributed by atoms with E-state index in [2.05, 4.69) is 0 Å². The molecule has 0 amide bonds. The van der Waals surface area contributed by atoms with Crippen LogP contribution in [0.4, 0.5) is 8.78 Å². The Morgan fingerprint density at radius 1 is 1.29 bits per heavy atom. The molecule has 0 fully saturated rings. The van der Waals surface area contributed by atoms with Crippen LogP contribution >= 0.6 is 0 Å². The monoisotopic (exact) mass is 246 g/mol. The molecule has 0 spiro atoms. The van der Waals surface area contributed by atoms with Gasteiger partial charge in [-0.2, -0.15) is 0 Å².